The maximum Gasteiger partial charge on any atom is 0.213 e. The highest BCUT2D eigenvalue weighted by Crippen LogP contribution is 2.24. The molecule has 2 rings (SSSR count). The minimum Gasteiger partial charge on any atom is -0.474 e. The average molecular weight is 249 g/mol. The van der Waals surface area contributed by atoms with Crippen molar-refractivity contribution in [1.82, 2.24) is 4.98 Å². The van der Waals surface area contributed by atoms with Crippen molar-refractivity contribution in [2.24, 2.45) is 0 Å². The van der Waals surface area contributed by atoms with E-state index in [0.29, 0.717) is 17.5 Å². The topological polar surface area (TPSA) is 48.4 Å². The number of carbonyl (C=O) groups is 1. The average Bonchev–Trinajstić information content (AvgIpc) is 2.39. The lowest BCUT2D eigenvalue weighted by Crippen LogP contribution is -2.29. The van der Waals surface area contributed by atoms with Crippen molar-refractivity contribution in [2.45, 2.75) is 44.8 Å². The second-order valence-corrected chi connectivity index (χ2v) is 4.71. The first kappa shape index (κ1) is 13.0. The normalized spacial score (nSPS) is 23.7. The van der Waals surface area contributed by atoms with E-state index in [2.05, 4.69) is 4.98 Å². The quantitative estimate of drug-likeness (QED) is 0.770. The largest absolute Gasteiger partial charge is 0.474 e. The number of aromatic nitrogens is 1. The molecular formula is C14H19NO3. The molecule has 0 aromatic carbocycles. The SMILES string of the molecule is COC1CCCC(Oc2ccc(C(C)=O)cn2)C1. The molecule has 4 heteroatoms. The summed E-state index contributed by atoms with van der Waals surface area (Å²) in [6, 6.07) is 3.51. The third kappa shape index (κ3) is 3.29. The van der Waals surface area contributed by atoms with Gasteiger partial charge in [0.1, 0.15) is 6.10 Å². The molecule has 1 aromatic rings. The molecule has 0 saturated heterocycles. The van der Waals surface area contributed by atoms with Gasteiger partial charge in [-0.3, -0.25) is 4.79 Å². The molecule has 0 radical (unpaired) electrons. The molecule has 0 N–H and O–H groups in total. The Labute approximate surface area is 107 Å². The third-order valence-electron chi connectivity index (χ3n) is 3.34. The Morgan fingerprint density at radius 1 is 1.33 bits per heavy atom. The van der Waals surface area contributed by atoms with E-state index in [4.69, 9.17) is 9.47 Å². The summed E-state index contributed by atoms with van der Waals surface area (Å²) in [5.74, 6) is 0.605. The van der Waals surface area contributed by atoms with E-state index in [1.54, 1.807) is 25.4 Å². The number of carbonyl (C=O) groups excluding carboxylic acids is 1. The van der Waals surface area contributed by atoms with E-state index < -0.39 is 0 Å². The molecule has 2 atom stereocenters. The number of hydrogen-bond donors (Lipinski definition) is 0. The minimum atomic E-state index is 0.0196. The zero-order chi connectivity index (χ0) is 13.0. The molecule has 18 heavy (non-hydrogen) atoms. The molecule has 1 aromatic heterocycles. The van der Waals surface area contributed by atoms with Gasteiger partial charge in [-0.15, -0.1) is 0 Å². The number of rotatable bonds is 4. The number of methoxy groups -OCH3 is 1. The molecule has 0 amide bonds. The predicted molar refractivity (Wildman–Crippen MR) is 67.9 cm³/mol. The van der Waals surface area contributed by atoms with Crippen LogP contribution in [0, 0.1) is 0 Å². The molecule has 2 unspecified atom stereocenters. The molecule has 1 fully saturated rings. The summed E-state index contributed by atoms with van der Waals surface area (Å²) in [4.78, 5) is 15.3. The summed E-state index contributed by atoms with van der Waals surface area (Å²) in [7, 11) is 1.74. The van der Waals surface area contributed by atoms with Crippen LogP contribution in [0.2, 0.25) is 0 Å². The number of hydrogen-bond acceptors (Lipinski definition) is 4. The highest BCUT2D eigenvalue weighted by molar-refractivity contribution is 5.93. The summed E-state index contributed by atoms with van der Waals surface area (Å²) in [5.41, 5.74) is 0.612. The first-order valence-electron chi connectivity index (χ1n) is 6.35. The number of nitrogens with zero attached hydrogens (tertiary/aromatic N) is 1. The van der Waals surface area contributed by atoms with Crippen molar-refractivity contribution in [1.29, 1.82) is 0 Å². The summed E-state index contributed by atoms with van der Waals surface area (Å²) < 4.78 is 11.2. The van der Waals surface area contributed by atoms with Crippen LogP contribution >= 0.6 is 0 Å². The van der Waals surface area contributed by atoms with Crippen LogP contribution in [0.5, 0.6) is 5.88 Å². The van der Waals surface area contributed by atoms with Gasteiger partial charge in [0.2, 0.25) is 5.88 Å². The van der Waals surface area contributed by atoms with E-state index in [9.17, 15) is 4.79 Å². The Kier molecular flexibility index (Phi) is 4.31. The molecule has 98 valence electrons. The Bertz CT molecular complexity index is 402. The zero-order valence-electron chi connectivity index (χ0n) is 10.9. The lowest BCUT2D eigenvalue weighted by atomic mass is 9.95. The molecule has 1 aliphatic carbocycles. The monoisotopic (exact) mass is 249 g/mol. The van der Waals surface area contributed by atoms with Crippen LogP contribution in [-0.4, -0.2) is 30.1 Å². The summed E-state index contributed by atoms with van der Waals surface area (Å²) in [5, 5.41) is 0. The minimum absolute atomic E-state index is 0.0196. The zero-order valence-corrected chi connectivity index (χ0v) is 10.9. The van der Waals surface area contributed by atoms with Gasteiger partial charge in [-0.1, -0.05) is 0 Å². The van der Waals surface area contributed by atoms with Gasteiger partial charge in [-0.2, -0.15) is 0 Å². The van der Waals surface area contributed by atoms with Gasteiger partial charge in [-0.25, -0.2) is 4.98 Å². The van der Waals surface area contributed by atoms with Crippen LogP contribution < -0.4 is 4.74 Å². The second kappa shape index (κ2) is 5.96. The number of ketones is 1. The summed E-state index contributed by atoms with van der Waals surface area (Å²) in [6.07, 6.45) is 6.19. The first-order valence-corrected chi connectivity index (χ1v) is 6.35. The van der Waals surface area contributed by atoms with Crippen LogP contribution in [0.1, 0.15) is 43.0 Å². The van der Waals surface area contributed by atoms with Crippen LogP contribution in [0.3, 0.4) is 0 Å². The van der Waals surface area contributed by atoms with Gasteiger partial charge < -0.3 is 9.47 Å². The van der Waals surface area contributed by atoms with Crippen LogP contribution in [0.25, 0.3) is 0 Å². The summed E-state index contributed by atoms with van der Waals surface area (Å²) in [6.45, 7) is 1.53. The molecule has 0 aliphatic heterocycles. The Morgan fingerprint density at radius 3 is 2.72 bits per heavy atom. The highest BCUT2D eigenvalue weighted by Gasteiger charge is 2.23. The lowest BCUT2D eigenvalue weighted by Gasteiger charge is -2.28. The molecule has 1 saturated carbocycles. The standard InChI is InChI=1S/C14H19NO3/c1-10(16)11-6-7-14(15-9-11)18-13-5-3-4-12(8-13)17-2/h6-7,9,12-13H,3-5,8H2,1-2H3. The first-order chi connectivity index (χ1) is 8.69. The van der Waals surface area contributed by atoms with Crippen molar-refractivity contribution < 1.29 is 14.3 Å². The van der Waals surface area contributed by atoms with Gasteiger partial charge >= 0.3 is 0 Å². The molecule has 1 heterocycles. The van der Waals surface area contributed by atoms with E-state index in [0.717, 1.165) is 25.7 Å². The van der Waals surface area contributed by atoms with Crippen LogP contribution in [0.4, 0.5) is 0 Å². The van der Waals surface area contributed by atoms with Crippen molar-refractivity contribution in [3.8, 4) is 5.88 Å². The van der Waals surface area contributed by atoms with E-state index in [1.807, 2.05) is 0 Å². The molecule has 0 bridgehead atoms. The van der Waals surface area contributed by atoms with Gasteiger partial charge in [0, 0.05) is 31.4 Å². The van der Waals surface area contributed by atoms with Crippen molar-refractivity contribution in [3.63, 3.8) is 0 Å². The van der Waals surface area contributed by atoms with Crippen molar-refractivity contribution in [2.75, 3.05) is 7.11 Å². The van der Waals surface area contributed by atoms with Crippen molar-refractivity contribution in [3.05, 3.63) is 23.9 Å². The van der Waals surface area contributed by atoms with Gasteiger partial charge in [0.25, 0.3) is 0 Å². The Balaban J connectivity index is 1.94. The van der Waals surface area contributed by atoms with Gasteiger partial charge in [-0.05, 0) is 32.3 Å². The highest BCUT2D eigenvalue weighted by atomic mass is 16.5. The maximum atomic E-state index is 11.1. The second-order valence-electron chi connectivity index (χ2n) is 4.71. The number of ether oxygens (including phenoxy) is 2. The fraction of sp³-hybridized carbons (Fsp3) is 0.571. The molecular weight excluding hydrogens is 230 g/mol. The fourth-order valence-corrected chi connectivity index (χ4v) is 2.25. The van der Waals surface area contributed by atoms with Gasteiger partial charge in [0.05, 0.1) is 6.10 Å². The van der Waals surface area contributed by atoms with Crippen LogP contribution in [0.15, 0.2) is 18.3 Å². The summed E-state index contributed by atoms with van der Waals surface area (Å²) >= 11 is 0. The maximum absolute atomic E-state index is 11.1. The number of pyridine rings is 1. The smallest absolute Gasteiger partial charge is 0.213 e. The van der Waals surface area contributed by atoms with Gasteiger partial charge in [0.15, 0.2) is 5.78 Å². The molecule has 0 spiro atoms. The predicted octanol–water partition coefficient (Wildman–Crippen LogP) is 2.62. The lowest BCUT2D eigenvalue weighted by molar-refractivity contribution is 0.0195. The Morgan fingerprint density at radius 2 is 2.11 bits per heavy atom. The number of Topliss-reactive ketones (excluding diaryl/α,β-unsaturated/α-hetero) is 1. The molecule has 1 aliphatic rings. The van der Waals surface area contributed by atoms with E-state index >= 15 is 0 Å². The van der Waals surface area contributed by atoms with Crippen LogP contribution in [-0.2, 0) is 4.74 Å². The fourth-order valence-electron chi connectivity index (χ4n) is 2.25. The third-order valence-corrected chi connectivity index (χ3v) is 3.34. The van der Waals surface area contributed by atoms with E-state index in [1.165, 1.54) is 6.92 Å². The van der Waals surface area contributed by atoms with E-state index in [-0.39, 0.29) is 11.9 Å². The Hall–Kier alpha value is -1.42. The molecule has 4 nitrogen and oxygen atoms in total. The van der Waals surface area contributed by atoms with Crippen molar-refractivity contribution >= 4 is 5.78 Å².